The molecule has 0 amide bonds. The van der Waals surface area contributed by atoms with Crippen LogP contribution >= 0.6 is 11.6 Å². The molecule has 2 aromatic rings. The summed E-state index contributed by atoms with van der Waals surface area (Å²) in [4.78, 5) is 23.2. The number of nitrogens with zero attached hydrogens (tertiary/aromatic N) is 3. The number of carbonyl (C=O) groups is 1. The number of carbonyl (C=O) groups excluding carboxylic acids is 1. The third-order valence-corrected chi connectivity index (χ3v) is 4.02. The Morgan fingerprint density at radius 2 is 1.96 bits per heavy atom. The summed E-state index contributed by atoms with van der Waals surface area (Å²) in [5.41, 5.74) is 1.29. The second-order valence-corrected chi connectivity index (χ2v) is 5.79. The fourth-order valence-corrected chi connectivity index (χ4v) is 2.76. The zero-order valence-electron chi connectivity index (χ0n) is 13.0. The fourth-order valence-electron chi connectivity index (χ4n) is 2.63. The largest absolute Gasteiger partial charge is 0.462 e. The van der Waals surface area contributed by atoms with Crippen molar-refractivity contribution in [2.45, 2.75) is 19.8 Å². The van der Waals surface area contributed by atoms with Gasteiger partial charge >= 0.3 is 5.97 Å². The lowest BCUT2D eigenvalue weighted by Crippen LogP contribution is -2.23. The SMILES string of the molecule is CCOC(=O)c1cnc(-c2ccc(Cl)cc2)nc1N1CCCC1. The molecule has 1 aromatic carbocycles. The fraction of sp³-hybridized carbons (Fsp3) is 0.353. The van der Waals surface area contributed by atoms with E-state index < -0.39 is 0 Å². The predicted octanol–water partition coefficient (Wildman–Crippen LogP) is 3.57. The van der Waals surface area contributed by atoms with Crippen molar-refractivity contribution in [2.75, 3.05) is 24.6 Å². The molecular formula is C17H18ClN3O2. The molecule has 3 rings (SSSR count). The predicted molar refractivity (Wildman–Crippen MR) is 89.9 cm³/mol. The van der Waals surface area contributed by atoms with Crippen LogP contribution in [0.25, 0.3) is 11.4 Å². The summed E-state index contributed by atoms with van der Waals surface area (Å²) >= 11 is 5.93. The summed E-state index contributed by atoms with van der Waals surface area (Å²) in [6.07, 6.45) is 3.76. The highest BCUT2D eigenvalue weighted by Gasteiger charge is 2.23. The summed E-state index contributed by atoms with van der Waals surface area (Å²) < 4.78 is 5.13. The second kappa shape index (κ2) is 6.96. The van der Waals surface area contributed by atoms with Gasteiger partial charge in [0.2, 0.25) is 0 Å². The van der Waals surface area contributed by atoms with Gasteiger partial charge in [-0.15, -0.1) is 0 Å². The highest BCUT2D eigenvalue weighted by Crippen LogP contribution is 2.26. The van der Waals surface area contributed by atoms with Crippen LogP contribution in [0.1, 0.15) is 30.1 Å². The van der Waals surface area contributed by atoms with Gasteiger partial charge < -0.3 is 9.64 Å². The van der Waals surface area contributed by atoms with E-state index >= 15 is 0 Å². The highest BCUT2D eigenvalue weighted by molar-refractivity contribution is 6.30. The zero-order chi connectivity index (χ0) is 16.2. The Kier molecular flexibility index (Phi) is 4.76. The van der Waals surface area contributed by atoms with E-state index in [1.165, 1.54) is 0 Å². The molecule has 0 saturated carbocycles. The van der Waals surface area contributed by atoms with Crippen molar-refractivity contribution in [2.24, 2.45) is 0 Å². The van der Waals surface area contributed by atoms with Crippen LogP contribution in [0.5, 0.6) is 0 Å². The second-order valence-electron chi connectivity index (χ2n) is 5.35. The lowest BCUT2D eigenvalue weighted by molar-refractivity contribution is 0.0526. The van der Waals surface area contributed by atoms with Crippen molar-refractivity contribution in [1.82, 2.24) is 9.97 Å². The molecular weight excluding hydrogens is 314 g/mol. The van der Waals surface area contributed by atoms with Crippen LogP contribution < -0.4 is 4.90 Å². The first-order valence-electron chi connectivity index (χ1n) is 7.74. The quantitative estimate of drug-likeness (QED) is 0.802. The molecule has 1 saturated heterocycles. The molecule has 5 nitrogen and oxygen atoms in total. The molecule has 1 aliphatic heterocycles. The average Bonchev–Trinajstić information content (AvgIpc) is 3.09. The zero-order valence-corrected chi connectivity index (χ0v) is 13.7. The van der Waals surface area contributed by atoms with Gasteiger partial charge in [0.15, 0.2) is 5.82 Å². The average molecular weight is 332 g/mol. The van der Waals surface area contributed by atoms with Crippen molar-refractivity contribution in [3.63, 3.8) is 0 Å². The Labute approximate surface area is 140 Å². The van der Waals surface area contributed by atoms with Crippen LogP contribution in [0.4, 0.5) is 5.82 Å². The number of benzene rings is 1. The lowest BCUT2D eigenvalue weighted by Gasteiger charge is -2.19. The first-order valence-corrected chi connectivity index (χ1v) is 8.12. The molecule has 1 fully saturated rings. The topological polar surface area (TPSA) is 55.3 Å². The van der Waals surface area contributed by atoms with Crippen molar-refractivity contribution in [3.05, 3.63) is 41.0 Å². The first kappa shape index (κ1) is 15.7. The Morgan fingerprint density at radius 3 is 2.61 bits per heavy atom. The maximum Gasteiger partial charge on any atom is 0.343 e. The van der Waals surface area contributed by atoms with Crippen LogP contribution in [0.2, 0.25) is 5.02 Å². The molecule has 1 aliphatic rings. The molecule has 1 aromatic heterocycles. The van der Waals surface area contributed by atoms with Gasteiger partial charge in [-0.1, -0.05) is 11.6 Å². The van der Waals surface area contributed by atoms with Crippen molar-refractivity contribution in [3.8, 4) is 11.4 Å². The van der Waals surface area contributed by atoms with Crippen molar-refractivity contribution >= 4 is 23.4 Å². The van der Waals surface area contributed by atoms with E-state index in [1.807, 2.05) is 12.1 Å². The van der Waals surface area contributed by atoms with Gasteiger partial charge in [-0.05, 0) is 44.0 Å². The molecule has 0 aliphatic carbocycles. The number of hydrogen-bond donors (Lipinski definition) is 0. The molecule has 120 valence electrons. The molecule has 23 heavy (non-hydrogen) atoms. The molecule has 0 radical (unpaired) electrons. The maximum atomic E-state index is 12.2. The Morgan fingerprint density at radius 1 is 1.26 bits per heavy atom. The van der Waals surface area contributed by atoms with Crippen LogP contribution in [0, 0.1) is 0 Å². The molecule has 0 bridgehead atoms. The summed E-state index contributed by atoms with van der Waals surface area (Å²) in [5.74, 6) is 0.856. The van der Waals surface area contributed by atoms with E-state index in [9.17, 15) is 4.79 Å². The molecule has 0 N–H and O–H groups in total. The van der Waals surface area contributed by atoms with E-state index in [-0.39, 0.29) is 5.97 Å². The minimum absolute atomic E-state index is 0.331. The monoisotopic (exact) mass is 331 g/mol. The molecule has 2 heterocycles. The van der Waals surface area contributed by atoms with E-state index in [4.69, 9.17) is 16.3 Å². The summed E-state index contributed by atoms with van der Waals surface area (Å²) in [6.45, 7) is 3.90. The van der Waals surface area contributed by atoms with Crippen LogP contribution in [0.3, 0.4) is 0 Å². The number of ether oxygens (including phenoxy) is 1. The summed E-state index contributed by atoms with van der Waals surface area (Å²) in [6, 6.07) is 7.34. The number of rotatable bonds is 4. The van der Waals surface area contributed by atoms with Gasteiger partial charge in [0.05, 0.1) is 6.61 Å². The number of esters is 1. The van der Waals surface area contributed by atoms with Crippen LogP contribution in [0.15, 0.2) is 30.5 Å². The molecule has 0 unspecified atom stereocenters. The van der Waals surface area contributed by atoms with Gasteiger partial charge in [-0.25, -0.2) is 14.8 Å². The normalized spacial score (nSPS) is 14.1. The Bertz CT molecular complexity index is 697. The maximum absolute atomic E-state index is 12.2. The summed E-state index contributed by atoms with van der Waals surface area (Å²) in [7, 11) is 0. The van der Waals surface area contributed by atoms with E-state index in [2.05, 4.69) is 14.9 Å². The van der Waals surface area contributed by atoms with Gasteiger partial charge in [0, 0.05) is 29.9 Å². The van der Waals surface area contributed by atoms with E-state index in [0.29, 0.717) is 28.8 Å². The van der Waals surface area contributed by atoms with Crippen molar-refractivity contribution in [1.29, 1.82) is 0 Å². The smallest absolute Gasteiger partial charge is 0.343 e. The van der Waals surface area contributed by atoms with Gasteiger partial charge in [-0.2, -0.15) is 0 Å². The van der Waals surface area contributed by atoms with Crippen molar-refractivity contribution < 1.29 is 9.53 Å². The first-order chi connectivity index (χ1) is 11.2. The Balaban J connectivity index is 2.01. The highest BCUT2D eigenvalue weighted by atomic mass is 35.5. The molecule has 0 atom stereocenters. The minimum atomic E-state index is -0.378. The summed E-state index contributed by atoms with van der Waals surface area (Å²) in [5, 5.41) is 0.664. The standard InChI is InChI=1S/C17H18ClN3O2/c1-2-23-17(22)14-11-19-15(12-5-7-13(18)8-6-12)20-16(14)21-9-3-4-10-21/h5-8,11H,2-4,9-10H2,1H3. The molecule has 0 spiro atoms. The number of hydrogen-bond acceptors (Lipinski definition) is 5. The van der Waals surface area contributed by atoms with Gasteiger partial charge in [-0.3, -0.25) is 0 Å². The Hall–Kier alpha value is -2.14. The van der Waals surface area contributed by atoms with E-state index in [0.717, 1.165) is 31.5 Å². The third kappa shape index (κ3) is 3.45. The number of aromatic nitrogens is 2. The minimum Gasteiger partial charge on any atom is -0.462 e. The van der Waals surface area contributed by atoms with E-state index in [1.54, 1.807) is 25.3 Å². The number of anilines is 1. The van der Waals surface area contributed by atoms with Gasteiger partial charge in [0.25, 0.3) is 0 Å². The molecule has 6 heteroatoms. The number of halogens is 1. The third-order valence-electron chi connectivity index (χ3n) is 3.77. The van der Waals surface area contributed by atoms with Gasteiger partial charge in [0.1, 0.15) is 11.4 Å². The van der Waals surface area contributed by atoms with Crippen LogP contribution in [-0.4, -0.2) is 35.6 Å². The van der Waals surface area contributed by atoms with Crippen LogP contribution in [-0.2, 0) is 4.74 Å². The lowest BCUT2D eigenvalue weighted by atomic mass is 10.2.